The minimum absolute atomic E-state index is 0.247. The number of rotatable bonds is 6. The standard InChI is InChI=1S/C20H21N3O2/c1-15-7-5-6-10-17(15)11-12-21-19(24)18-13-22-20(25)23(18)14-16-8-3-2-4-9-16/h2-10,13H,11-12,14H2,1H3,(H,21,24)(H,22,25). The van der Waals surface area contributed by atoms with Gasteiger partial charge >= 0.3 is 5.69 Å². The molecule has 0 fully saturated rings. The first kappa shape index (κ1) is 16.8. The largest absolute Gasteiger partial charge is 0.350 e. The van der Waals surface area contributed by atoms with Crippen molar-refractivity contribution in [3.8, 4) is 0 Å². The van der Waals surface area contributed by atoms with Crippen LogP contribution < -0.4 is 11.0 Å². The zero-order valence-electron chi connectivity index (χ0n) is 14.2. The van der Waals surface area contributed by atoms with Gasteiger partial charge in [0.15, 0.2) is 0 Å². The summed E-state index contributed by atoms with van der Waals surface area (Å²) in [5.74, 6) is -0.247. The molecule has 3 rings (SSSR count). The lowest BCUT2D eigenvalue weighted by Crippen LogP contribution is -2.30. The van der Waals surface area contributed by atoms with Crippen LogP contribution in [0, 0.1) is 6.92 Å². The second-order valence-electron chi connectivity index (χ2n) is 5.98. The maximum Gasteiger partial charge on any atom is 0.326 e. The minimum atomic E-state index is -0.284. The maximum absolute atomic E-state index is 12.5. The Balaban J connectivity index is 1.66. The summed E-state index contributed by atoms with van der Waals surface area (Å²) in [5, 5.41) is 2.90. The highest BCUT2D eigenvalue weighted by Crippen LogP contribution is 2.07. The third-order valence-electron chi connectivity index (χ3n) is 4.23. The van der Waals surface area contributed by atoms with E-state index in [-0.39, 0.29) is 11.6 Å². The molecule has 5 nitrogen and oxygen atoms in total. The lowest BCUT2D eigenvalue weighted by atomic mass is 10.1. The molecule has 0 saturated carbocycles. The number of nitrogens with zero attached hydrogens (tertiary/aromatic N) is 1. The molecule has 3 aromatic rings. The Labute approximate surface area is 146 Å². The summed E-state index contributed by atoms with van der Waals surface area (Å²) >= 11 is 0. The molecule has 0 aliphatic carbocycles. The van der Waals surface area contributed by atoms with E-state index >= 15 is 0 Å². The van der Waals surface area contributed by atoms with Crippen LogP contribution >= 0.6 is 0 Å². The number of nitrogens with one attached hydrogen (secondary N) is 2. The van der Waals surface area contributed by atoms with E-state index in [1.807, 2.05) is 42.5 Å². The second-order valence-corrected chi connectivity index (χ2v) is 5.98. The third kappa shape index (κ3) is 4.07. The van der Waals surface area contributed by atoms with E-state index in [1.54, 1.807) is 0 Å². The number of H-pyrrole nitrogens is 1. The predicted octanol–water partition coefficient (Wildman–Crippen LogP) is 2.51. The van der Waals surface area contributed by atoms with Gasteiger partial charge in [-0.25, -0.2) is 4.79 Å². The number of imidazole rings is 1. The van der Waals surface area contributed by atoms with Crippen molar-refractivity contribution in [2.24, 2.45) is 0 Å². The van der Waals surface area contributed by atoms with Crippen LogP contribution in [0.25, 0.3) is 0 Å². The molecule has 2 aromatic carbocycles. The third-order valence-corrected chi connectivity index (χ3v) is 4.23. The van der Waals surface area contributed by atoms with Gasteiger partial charge in [0.05, 0.1) is 6.54 Å². The van der Waals surface area contributed by atoms with Gasteiger partial charge in [0.2, 0.25) is 0 Å². The number of amides is 1. The van der Waals surface area contributed by atoms with Crippen LogP contribution in [0.5, 0.6) is 0 Å². The van der Waals surface area contributed by atoms with Crippen molar-refractivity contribution in [2.75, 3.05) is 6.54 Å². The summed E-state index contributed by atoms with van der Waals surface area (Å²) in [7, 11) is 0. The molecule has 25 heavy (non-hydrogen) atoms. The van der Waals surface area contributed by atoms with Crippen LogP contribution in [0.15, 0.2) is 65.6 Å². The summed E-state index contributed by atoms with van der Waals surface area (Å²) in [6.07, 6.45) is 2.22. The fraction of sp³-hybridized carbons (Fsp3) is 0.200. The van der Waals surface area contributed by atoms with Crippen LogP contribution in [-0.2, 0) is 13.0 Å². The summed E-state index contributed by atoms with van der Waals surface area (Å²) in [6.45, 7) is 2.94. The Morgan fingerprint density at radius 1 is 1.08 bits per heavy atom. The zero-order valence-corrected chi connectivity index (χ0v) is 14.2. The fourth-order valence-electron chi connectivity index (χ4n) is 2.80. The number of hydrogen-bond donors (Lipinski definition) is 2. The second kappa shape index (κ2) is 7.66. The van der Waals surface area contributed by atoms with Gasteiger partial charge in [-0.15, -0.1) is 0 Å². The highest BCUT2D eigenvalue weighted by atomic mass is 16.2. The molecule has 2 N–H and O–H groups in total. The monoisotopic (exact) mass is 335 g/mol. The molecule has 0 spiro atoms. The quantitative estimate of drug-likeness (QED) is 0.727. The smallest absolute Gasteiger partial charge is 0.326 e. The van der Waals surface area contributed by atoms with E-state index in [2.05, 4.69) is 29.4 Å². The van der Waals surface area contributed by atoms with Gasteiger partial charge in [0.1, 0.15) is 5.69 Å². The number of carbonyl (C=O) groups is 1. The average molecular weight is 335 g/mol. The predicted molar refractivity (Wildman–Crippen MR) is 97.8 cm³/mol. The highest BCUT2D eigenvalue weighted by Gasteiger charge is 2.14. The Hall–Kier alpha value is -3.08. The topological polar surface area (TPSA) is 66.9 Å². The van der Waals surface area contributed by atoms with Gasteiger partial charge in [-0.2, -0.15) is 0 Å². The van der Waals surface area contributed by atoms with Crippen molar-refractivity contribution in [3.05, 3.63) is 93.7 Å². The van der Waals surface area contributed by atoms with Crippen LogP contribution in [0.1, 0.15) is 27.2 Å². The molecule has 0 atom stereocenters. The molecule has 0 radical (unpaired) electrons. The summed E-state index contributed by atoms with van der Waals surface area (Å²) in [5.41, 5.74) is 3.45. The SMILES string of the molecule is Cc1ccccc1CCNC(=O)c1c[nH]c(=O)n1Cc1ccccc1. The molecular formula is C20H21N3O2. The molecule has 0 bridgehead atoms. The first-order valence-electron chi connectivity index (χ1n) is 8.30. The van der Waals surface area contributed by atoms with Crippen LogP contribution in [-0.4, -0.2) is 22.0 Å². The first-order chi connectivity index (χ1) is 12.1. The van der Waals surface area contributed by atoms with Crippen molar-refractivity contribution in [1.82, 2.24) is 14.9 Å². The normalized spacial score (nSPS) is 10.6. The zero-order chi connectivity index (χ0) is 17.6. The molecule has 128 valence electrons. The molecule has 1 amide bonds. The molecular weight excluding hydrogens is 314 g/mol. The molecule has 0 aliphatic rings. The van der Waals surface area contributed by atoms with Crippen LogP contribution in [0.2, 0.25) is 0 Å². The fourth-order valence-corrected chi connectivity index (χ4v) is 2.80. The van der Waals surface area contributed by atoms with Crippen molar-refractivity contribution < 1.29 is 4.79 Å². The van der Waals surface area contributed by atoms with Crippen molar-refractivity contribution >= 4 is 5.91 Å². The number of aromatic amines is 1. The van der Waals surface area contributed by atoms with E-state index in [4.69, 9.17) is 0 Å². The lowest BCUT2D eigenvalue weighted by Gasteiger charge is -2.09. The molecule has 0 aliphatic heterocycles. The minimum Gasteiger partial charge on any atom is -0.350 e. The molecule has 0 unspecified atom stereocenters. The van der Waals surface area contributed by atoms with E-state index in [9.17, 15) is 9.59 Å². The Morgan fingerprint density at radius 3 is 2.56 bits per heavy atom. The van der Waals surface area contributed by atoms with E-state index in [0.29, 0.717) is 18.8 Å². The number of carbonyl (C=O) groups excluding carboxylic acids is 1. The number of aromatic nitrogens is 2. The lowest BCUT2D eigenvalue weighted by molar-refractivity contribution is 0.0945. The maximum atomic E-state index is 12.5. The van der Waals surface area contributed by atoms with Gasteiger partial charge in [-0.3, -0.25) is 9.36 Å². The molecule has 0 saturated heterocycles. The van der Waals surface area contributed by atoms with E-state index < -0.39 is 0 Å². The van der Waals surface area contributed by atoms with Crippen molar-refractivity contribution in [3.63, 3.8) is 0 Å². The number of hydrogen-bond acceptors (Lipinski definition) is 2. The summed E-state index contributed by atoms with van der Waals surface area (Å²) in [4.78, 5) is 27.1. The van der Waals surface area contributed by atoms with Gasteiger partial charge < -0.3 is 10.3 Å². The van der Waals surface area contributed by atoms with Crippen molar-refractivity contribution in [1.29, 1.82) is 0 Å². The van der Waals surface area contributed by atoms with Crippen LogP contribution in [0.4, 0.5) is 0 Å². The van der Waals surface area contributed by atoms with Gasteiger partial charge in [0.25, 0.3) is 5.91 Å². The molecule has 1 heterocycles. The Bertz CT molecular complexity index is 910. The Kier molecular flexibility index (Phi) is 5.14. The number of aryl methyl sites for hydroxylation is 1. The van der Waals surface area contributed by atoms with Crippen LogP contribution in [0.3, 0.4) is 0 Å². The van der Waals surface area contributed by atoms with E-state index in [1.165, 1.54) is 21.9 Å². The first-order valence-corrected chi connectivity index (χ1v) is 8.30. The van der Waals surface area contributed by atoms with Gasteiger partial charge in [-0.05, 0) is 30.0 Å². The summed E-state index contributed by atoms with van der Waals surface area (Å²) in [6, 6.07) is 17.7. The van der Waals surface area contributed by atoms with Gasteiger partial charge in [0, 0.05) is 12.7 Å². The summed E-state index contributed by atoms with van der Waals surface area (Å²) < 4.78 is 1.46. The van der Waals surface area contributed by atoms with Gasteiger partial charge in [-0.1, -0.05) is 54.6 Å². The highest BCUT2D eigenvalue weighted by molar-refractivity contribution is 5.92. The molecule has 5 heteroatoms. The Morgan fingerprint density at radius 2 is 1.80 bits per heavy atom. The number of benzene rings is 2. The molecule has 1 aromatic heterocycles. The van der Waals surface area contributed by atoms with E-state index in [0.717, 1.165) is 12.0 Å². The average Bonchev–Trinajstić information content (AvgIpc) is 2.98. The van der Waals surface area contributed by atoms with Crippen molar-refractivity contribution in [2.45, 2.75) is 19.9 Å².